The van der Waals surface area contributed by atoms with Crippen LogP contribution in [0.3, 0.4) is 0 Å². The van der Waals surface area contributed by atoms with Crippen molar-refractivity contribution in [3.63, 3.8) is 0 Å². The van der Waals surface area contributed by atoms with E-state index < -0.39 is 0 Å². The van der Waals surface area contributed by atoms with Gasteiger partial charge in [-0.2, -0.15) is 0 Å². The van der Waals surface area contributed by atoms with Crippen LogP contribution in [-0.2, 0) is 0 Å². The van der Waals surface area contributed by atoms with Gasteiger partial charge in [0.1, 0.15) is 5.75 Å². The predicted molar refractivity (Wildman–Crippen MR) is 73.8 cm³/mol. The number of aryl methyl sites for hydroxylation is 1. The van der Waals surface area contributed by atoms with Crippen LogP contribution in [0.4, 0.5) is 5.69 Å². The zero-order valence-corrected chi connectivity index (χ0v) is 11.4. The monoisotopic (exact) mass is 236 g/mol. The second kappa shape index (κ2) is 6.50. The molecule has 0 radical (unpaired) electrons. The van der Waals surface area contributed by atoms with Crippen LogP contribution in [0.15, 0.2) is 18.2 Å². The molecular formula is C14H24N2O. The van der Waals surface area contributed by atoms with E-state index in [4.69, 9.17) is 10.5 Å². The summed E-state index contributed by atoms with van der Waals surface area (Å²) in [6.07, 6.45) is 1.10. The average molecular weight is 236 g/mol. The van der Waals surface area contributed by atoms with E-state index >= 15 is 0 Å². The molecule has 1 aromatic carbocycles. The molecule has 0 fully saturated rings. The van der Waals surface area contributed by atoms with Gasteiger partial charge in [-0.1, -0.05) is 13.0 Å². The third-order valence-corrected chi connectivity index (χ3v) is 3.11. The first-order valence-electron chi connectivity index (χ1n) is 6.14. The van der Waals surface area contributed by atoms with E-state index in [1.165, 1.54) is 5.56 Å². The molecule has 0 bridgehead atoms. The fourth-order valence-electron chi connectivity index (χ4n) is 1.75. The average Bonchev–Trinajstić information content (AvgIpc) is 2.35. The summed E-state index contributed by atoms with van der Waals surface area (Å²) in [5, 5.41) is 0. The lowest BCUT2D eigenvalue weighted by atomic mass is 10.1. The Morgan fingerprint density at radius 1 is 1.41 bits per heavy atom. The lowest BCUT2D eigenvalue weighted by Gasteiger charge is -2.23. The summed E-state index contributed by atoms with van der Waals surface area (Å²) in [6, 6.07) is 6.25. The molecule has 0 heterocycles. The van der Waals surface area contributed by atoms with Crippen LogP contribution in [-0.4, -0.2) is 27.2 Å². The van der Waals surface area contributed by atoms with Crippen molar-refractivity contribution in [1.82, 2.24) is 0 Å². The van der Waals surface area contributed by atoms with Crippen molar-refractivity contribution in [3.05, 3.63) is 23.8 Å². The van der Waals surface area contributed by atoms with Crippen LogP contribution in [0.1, 0.15) is 18.9 Å². The molecule has 3 heteroatoms. The van der Waals surface area contributed by atoms with Gasteiger partial charge in [-0.05, 0) is 43.5 Å². The Kier molecular flexibility index (Phi) is 5.29. The molecule has 17 heavy (non-hydrogen) atoms. The zero-order chi connectivity index (χ0) is 12.8. The highest BCUT2D eigenvalue weighted by Crippen LogP contribution is 2.28. The van der Waals surface area contributed by atoms with Crippen molar-refractivity contribution in [3.8, 4) is 5.75 Å². The molecule has 1 rings (SSSR count). The van der Waals surface area contributed by atoms with Crippen molar-refractivity contribution < 1.29 is 4.74 Å². The standard InChI is InChI=1S/C14H24N2O/c1-11-5-6-14(17-4)13(9-11)16(3)8-7-12(2)10-15/h5-6,9,12H,7-8,10,15H2,1-4H3. The number of hydrogen-bond acceptors (Lipinski definition) is 3. The van der Waals surface area contributed by atoms with Gasteiger partial charge in [0.25, 0.3) is 0 Å². The summed E-state index contributed by atoms with van der Waals surface area (Å²) in [4.78, 5) is 2.23. The normalized spacial score (nSPS) is 12.3. The second-order valence-corrected chi connectivity index (χ2v) is 4.73. The first kappa shape index (κ1) is 13.8. The largest absolute Gasteiger partial charge is 0.495 e. The van der Waals surface area contributed by atoms with Crippen LogP contribution < -0.4 is 15.4 Å². The topological polar surface area (TPSA) is 38.5 Å². The van der Waals surface area contributed by atoms with Gasteiger partial charge in [0.15, 0.2) is 0 Å². The first-order chi connectivity index (χ1) is 8.08. The summed E-state index contributed by atoms with van der Waals surface area (Å²) < 4.78 is 5.39. The van der Waals surface area contributed by atoms with E-state index in [-0.39, 0.29) is 0 Å². The lowest BCUT2D eigenvalue weighted by molar-refractivity contribution is 0.414. The molecule has 0 aromatic heterocycles. The lowest BCUT2D eigenvalue weighted by Crippen LogP contribution is -2.23. The summed E-state index contributed by atoms with van der Waals surface area (Å²) in [7, 11) is 3.81. The molecule has 0 aliphatic rings. The number of methoxy groups -OCH3 is 1. The highest BCUT2D eigenvalue weighted by Gasteiger charge is 2.09. The van der Waals surface area contributed by atoms with Crippen molar-refractivity contribution in [2.75, 3.05) is 32.1 Å². The quantitative estimate of drug-likeness (QED) is 0.824. The SMILES string of the molecule is COc1ccc(C)cc1N(C)CCC(C)CN. The number of anilines is 1. The highest BCUT2D eigenvalue weighted by molar-refractivity contribution is 5.59. The van der Waals surface area contributed by atoms with E-state index in [9.17, 15) is 0 Å². The number of nitrogens with zero attached hydrogens (tertiary/aromatic N) is 1. The summed E-state index contributed by atoms with van der Waals surface area (Å²) in [5.74, 6) is 1.49. The molecule has 1 atom stereocenters. The summed E-state index contributed by atoms with van der Waals surface area (Å²) in [6.45, 7) is 6.03. The van der Waals surface area contributed by atoms with Gasteiger partial charge in [0.05, 0.1) is 12.8 Å². The molecule has 96 valence electrons. The molecule has 0 spiro atoms. The van der Waals surface area contributed by atoms with Crippen molar-refractivity contribution >= 4 is 5.69 Å². The van der Waals surface area contributed by atoms with Crippen molar-refractivity contribution in [1.29, 1.82) is 0 Å². The molecule has 0 saturated carbocycles. The van der Waals surface area contributed by atoms with Crippen LogP contribution in [0.5, 0.6) is 5.75 Å². The molecule has 1 aromatic rings. The maximum atomic E-state index is 5.63. The number of rotatable bonds is 6. The van der Waals surface area contributed by atoms with E-state index in [0.29, 0.717) is 5.92 Å². The molecule has 0 aliphatic heterocycles. The smallest absolute Gasteiger partial charge is 0.142 e. The van der Waals surface area contributed by atoms with Crippen LogP contribution in [0.2, 0.25) is 0 Å². The Balaban J connectivity index is 2.73. The van der Waals surface area contributed by atoms with Crippen LogP contribution in [0.25, 0.3) is 0 Å². The van der Waals surface area contributed by atoms with Crippen LogP contribution in [0, 0.1) is 12.8 Å². The Morgan fingerprint density at radius 3 is 2.71 bits per heavy atom. The zero-order valence-electron chi connectivity index (χ0n) is 11.4. The molecule has 0 aliphatic carbocycles. The van der Waals surface area contributed by atoms with E-state index in [1.807, 2.05) is 6.07 Å². The third-order valence-electron chi connectivity index (χ3n) is 3.11. The maximum Gasteiger partial charge on any atom is 0.142 e. The molecule has 3 nitrogen and oxygen atoms in total. The molecule has 1 unspecified atom stereocenters. The maximum absolute atomic E-state index is 5.63. The predicted octanol–water partition coefficient (Wildman–Crippen LogP) is 2.42. The number of benzene rings is 1. The third kappa shape index (κ3) is 3.93. The summed E-state index contributed by atoms with van der Waals surface area (Å²) in [5.41, 5.74) is 8.03. The van der Waals surface area contributed by atoms with Gasteiger partial charge in [-0.15, -0.1) is 0 Å². The highest BCUT2D eigenvalue weighted by atomic mass is 16.5. The number of hydrogen-bond donors (Lipinski definition) is 1. The van der Waals surface area contributed by atoms with Gasteiger partial charge < -0.3 is 15.4 Å². The summed E-state index contributed by atoms with van der Waals surface area (Å²) >= 11 is 0. The van der Waals surface area contributed by atoms with Gasteiger partial charge in [-0.25, -0.2) is 0 Å². The minimum atomic E-state index is 0.563. The fraction of sp³-hybridized carbons (Fsp3) is 0.571. The Bertz CT molecular complexity index is 352. The van der Waals surface area contributed by atoms with Crippen LogP contribution >= 0.6 is 0 Å². The first-order valence-corrected chi connectivity index (χ1v) is 6.14. The molecular weight excluding hydrogens is 212 g/mol. The molecule has 0 amide bonds. The van der Waals surface area contributed by atoms with Crippen molar-refractivity contribution in [2.24, 2.45) is 11.7 Å². The Morgan fingerprint density at radius 2 is 2.12 bits per heavy atom. The minimum absolute atomic E-state index is 0.563. The Hall–Kier alpha value is -1.22. The number of nitrogens with two attached hydrogens (primary N) is 1. The fourth-order valence-corrected chi connectivity index (χ4v) is 1.75. The molecule has 2 N–H and O–H groups in total. The van der Waals surface area contributed by atoms with E-state index in [0.717, 1.165) is 30.9 Å². The Labute approximate surface area is 105 Å². The second-order valence-electron chi connectivity index (χ2n) is 4.73. The van der Waals surface area contributed by atoms with Gasteiger partial charge in [0.2, 0.25) is 0 Å². The molecule has 0 saturated heterocycles. The van der Waals surface area contributed by atoms with E-state index in [2.05, 4.69) is 37.9 Å². The van der Waals surface area contributed by atoms with Gasteiger partial charge in [-0.3, -0.25) is 0 Å². The van der Waals surface area contributed by atoms with Crippen molar-refractivity contribution in [2.45, 2.75) is 20.3 Å². The van der Waals surface area contributed by atoms with E-state index in [1.54, 1.807) is 7.11 Å². The van der Waals surface area contributed by atoms with Gasteiger partial charge in [0, 0.05) is 13.6 Å². The minimum Gasteiger partial charge on any atom is -0.495 e. The van der Waals surface area contributed by atoms with Gasteiger partial charge >= 0.3 is 0 Å². The number of ether oxygens (including phenoxy) is 1.